The number of halogens is 1. The number of carbonyl (C=O) groups excluding carboxylic acids is 2. The van der Waals surface area contributed by atoms with Gasteiger partial charge >= 0.3 is 0 Å². The number of ether oxygens (including phenoxy) is 3. The molecule has 0 aliphatic carbocycles. The SMILES string of the molecule is CCOc1ccc(Cl)c(/C(O)=C2\C(=O)C(=O)N(c3ccc(OC)cc3)C2c2ccc(OC(C)C)cc2)c1. The molecule has 0 spiro atoms. The van der Waals surface area contributed by atoms with Crippen molar-refractivity contribution in [2.45, 2.75) is 32.9 Å². The van der Waals surface area contributed by atoms with Crippen LogP contribution in [0.5, 0.6) is 17.2 Å². The largest absolute Gasteiger partial charge is 0.507 e. The molecule has 1 aliphatic rings. The number of methoxy groups -OCH3 is 1. The van der Waals surface area contributed by atoms with E-state index in [1.54, 1.807) is 73.8 Å². The molecular formula is C29H28ClNO6. The van der Waals surface area contributed by atoms with Gasteiger partial charge in [0.2, 0.25) is 0 Å². The smallest absolute Gasteiger partial charge is 0.300 e. The summed E-state index contributed by atoms with van der Waals surface area (Å²) in [5, 5.41) is 11.6. The first-order valence-corrected chi connectivity index (χ1v) is 12.3. The van der Waals surface area contributed by atoms with Crippen LogP contribution >= 0.6 is 11.6 Å². The zero-order valence-electron chi connectivity index (χ0n) is 21.0. The van der Waals surface area contributed by atoms with Crippen molar-refractivity contribution in [1.82, 2.24) is 0 Å². The Hall–Kier alpha value is -3.97. The fraction of sp³-hybridized carbons (Fsp3) is 0.241. The standard InChI is InChI=1S/C29H28ClNO6/c1-5-36-22-14-15-24(30)23(16-22)27(32)25-26(18-6-10-21(11-7-18)37-17(2)3)31(29(34)28(25)33)19-8-12-20(35-4)13-9-19/h6-17,26,32H,5H2,1-4H3/b27-25+. The van der Waals surface area contributed by atoms with E-state index in [0.29, 0.717) is 35.1 Å². The fourth-order valence-corrected chi connectivity index (χ4v) is 4.45. The van der Waals surface area contributed by atoms with Gasteiger partial charge in [-0.05, 0) is 80.9 Å². The lowest BCUT2D eigenvalue weighted by atomic mass is 9.95. The van der Waals surface area contributed by atoms with Crippen molar-refractivity contribution < 1.29 is 28.9 Å². The first-order valence-electron chi connectivity index (χ1n) is 11.9. The van der Waals surface area contributed by atoms with E-state index < -0.39 is 17.7 Å². The maximum absolute atomic E-state index is 13.4. The number of Topliss-reactive ketones (excluding diaryl/α,β-unsaturated/α-hetero) is 1. The molecule has 1 unspecified atom stereocenters. The number of hydrogen-bond acceptors (Lipinski definition) is 6. The minimum atomic E-state index is -0.909. The van der Waals surface area contributed by atoms with Crippen LogP contribution in [0.1, 0.15) is 37.9 Å². The molecule has 7 nitrogen and oxygen atoms in total. The van der Waals surface area contributed by atoms with Gasteiger partial charge in [-0.2, -0.15) is 0 Å². The number of ketones is 1. The molecule has 1 atom stereocenters. The molecule has 37 heavy (non-hydrogen) atoms. The van der Waals surface area contributed by atoms with Crippen molar-refractivity contribution in [2.24, 2.45) is 0 Å². The highest BCUT2D eigenvalue weighted by atomic mass is 35.5. The molecule has 1 saturated heterocycles. The highest BCUT2D eigenvalue weighted by Crippen LogP contribution is 2.44. The first-order chi connectivity index (χ1) is 17.7. The molecule has 1 aliphatic heterocycles. The number of carbonyl (C=O) groups is 2. The Labute approximate surface area is 220 Å². The highest BCUT2D eigenvalue weighted by Gasteiger charge is 2.47. The Bertz CT molecular complexity index is 1330. The highest BCUT2D eigenvalue weighted by molar-refractivity contribution is 6.52. The second-order valence-electron chi connectivity index (χ2n) is 8.68. The lowest BCUT2D eigenvalue weighted by molar-refractivity contribution is -0.132. The monoisotopic (exact) mass is 521 g/mol. The minimum absolute atomic E-state index is 0.0180. The van der Waals surface area contributed by atoms with E-state index in [1.165, 1.54) is 4.90 Å². The van der Waals surface area contributed by atoms with E-state index in [-0.39, 0.29) is 28.0 Å². The number of aliphatic hydroxyl groups is 1. The summed E-state index contributed by atoms with van der Waals surface area (Å²) in [6, 6.07) is 17.8. The normalized spacial score (nSPS) is 16.8. The predicted octanol–water partition coefficient (Wildman–Crippen LogP) is 6.16. The van der Waals surface area contributed by atoms with E-state index in [4.69, 9.17) is 25.8 Å². The third kappa shape index (κ3) is 5.27. The summed E-state index contributed by atoms with van der Waals surface area (Å²) in [6.45, 7) is 6.09. The average molecular weight is 522 g/mol. The van der Waals surface area contributed by atoms with Crippen LogP contribution < -0.4 is 19.1 Å². The van der Waals surface area contributed by atoms with Crippen molar-refractivity contribution in [2.75, 3.05) is 18.6 Å². The molecule has 1 N–H and O–H groups in total. The molecule has 4 rings (SSSR count). The van der Waals surface area contributed by atoms with E-state index in [9.17, 15) is 14.7 Å². The molecule has 0 radical (unpaired) electrons. The lowest BCUT2D eigenvalue weighted by Crippen LogP contribution is -2.29. The van der Waals surface area contributed by atoms with Gasteiger partial charge in [0.15, 0.2) is 0 Å². The van der Waals surface area contributed by atoms with Gasteiger partial charge in [0.25, 0.3) is 11.7 Å². The molecule has 1 amide bonds. The Morgan fingerprint density at radius 3 is 2.19 bits per heavy atom. The second kappa shape index (κ2) is 11.0. The molecule has 1 heterocycles. The van der Waals surface area contributed by atoms with Crippen LogP contribution in [0, 0.1) is 0 Å². The van der Waals surface area contributed by atoms with Crippen LogP contribution in [0.2, 0.25) is 5.02 Å². The summed E-state index contributed by atoms with van der Waals surface area (Å²) in [6.07, 6.45) is -0.0180. The van der Waals surface area contributed by atoms with Gasteiger partial charge in [-0.25, -0.2) is 0 Å². The molecule has 192 valence electrons. The maximum Gasteiger partial charge on any atom is 0.300 e. The van der Waals surface area contributed by atoms with Crippen molar-refractivity contribution in [1.29, 1.82) is 0 Å². The summed E-state index contributed by atoms with van der Waals surface area (Å²) in [5.74, 6) is -0.243. The van der Waals surface area contributed by atoms with E-state index >= 15 is 0 Å². The summed E-state index contributed by atoms with van der Waals surface area (Å²) in [5.41, 5.74) is 1.22. The zero-order chi connectivity index (χ0) is 26.7. The summed E-state index contributed by atoms with van der Waals surface area (Å²) in [4.78, 5) is 28.2. The van der Waals surface area contributed by atoms with Gasteiger partial charge in [0.05, 0.1) is 36.5 Å². The zero-order valence-corrected chi connectivity index (χ0v) is 21.8. The Morgan fingerprint density at radius 1 is 0.973 bits per heavy atom. The van der Waals surface area contributed by atoms with Crippen LogP contribution in [-0.2, 0) is 9.59 Å². The molecule has 3 aromatic carbocycles. The van der Waals surface area contributed by atoms with Gasteiger partial charge in [0.1, 0.15) is 23.0 Å². The molecule has 0 aromatic heterocycles. The van der Waals surface area contributed by atoms with Crippen molar-refractivity contribution in [3.63, 3.8) is 0 Å². The number of nitrogens with zero attached hydrogens (tertiary/aromatic N) is 1. The number of rotatable bonds is 8. The molecule has 0 bridgehead atoms. The molecule has 1 fully saturated rings. The maximum atomic E-state index is 13.4. The van der Waals surface area contributed by atoms with Crippen LogP contribution in [-0.4, -0.2) is 36.6 Å². The van der Waals surface area contributed by atoms with Gasteiger partial charge in [-0.15, -0.1) is 0 Å². The fourth-order valence-electron chi connectivity index (χ4n) is 4.25. The Kier molecular flexibility index (Phi) is 7.74. The van der Waals surface area contributed by atoms with E-state index in [2.05, 4.69) is 0 Å². The topological polar surface area (TPSA) is 85.3 Å². The van der Waals surface area contributed by atoms with Crippen LogP contribution in [0.3, 0.4) is 0 Å². The van der Waals surface area contributed by atoms with Crippen LogP contribution in [0.4, 0.5) is 5.69 Å². The van der Waals surface area contributed by atoms with E-state index in [1.807, 2.05) is 20.8 Å². The predicted molar refractivity (Wildman–Crippen MR) is 143 cm³/mol. The summed E-state index contributed by atoms with van der Waals surface area (Å²) in [7, 11) is 1.54. The van der Waals surface area contributed by atoms with Crippen molar-refractivity contribution in [3.05, 3.63) is 88.5 Å². The average Bonchev–Trinajstić information content (AvgIpc) is 3.15. The van der Waals surface area contributed by atoms with Crippen LogP contribution in [0.15, 0.2) is 72.3 Å². The van der Waals surface area contributed by atoms with Gasteiger partial charge < -0.3 is 19.3 Å². The third-order valence-electron chi connectivity index (χ3n) is 5.87. The number of aliphatic hydroxyl groups excluding tert-OH is 1. The van der Waals surface area contributed by atoms with Crippen molar-refractivity contribution in [3.8, 4) is 17.2 Å². The summed E-state index contributed by atoms with van der Waals surface area (Å²) < 4.78 is 16.5. The van der Waals surface area contributed by atoms with Gasteiger partial charge in [-0.1, -0.05) is 23.7 Å². The molecule has 3 aromatic rings. The molecular weight excluding hydrogens is 494 g/mol. The quantitative estimate of drug-likeness (QED) is 0.217. The second-order valence-corrected chi connectivity index (χ2v) is 9.08. The number of amides is 1. The van der Waals surface area contributed by atoms with Crippen LogP contribution in [0.25, 0.3) is 5.76 Å². The minimum Gasteiger partial charge on any atom is -0.507 e. The number of anilines is 1. The van der Waals surface area contributed by atoms with Gasteiger partial charge in [0, 0.05) is 11.3 Å². The Balaban J connectivity index is 1.90. The lowest BCUT2D eigenvalue weighted by Gasteiger charge is -2.26. The van der Waals surface area contributed by atoms with Gasteiger partial charge in [-0.3, -0.25) is 14.5 Å². The third-order valence-corrected chi connectivity index (χ3v) is 6.20. The summed E-state index contributed by atoms with van der Waals surface area (Å²) >= 11 is 6.41. The molecule has 8 heteroatoms. The van der Waals surface area contributed by atoms with E-state index in [0.717, 1.165) is 0 Å². The molecule has 0 saturated carbocycles. The Morgan fingerprint density at radius 2 is 1.59 bits per heavy atom. The number of hydrogen-bond donors (Lipinski definition) is 1. The number of benzene rings is 3. The van der Waals surface area contributed by atoms with Crippen molar-refractivity contribution >= 4 is 34.7 Å². The first kappa shape index (κ1) is 26.1.